The minimum Gasteiger partial charge on any atom is -0.478 e. The molecule has 0 atom stereocenters. The number of aromatic nitrogens is 4. The first-order chi connectivity index (χ1) is 9.60. The zero-order valence-corrected chi connectivity index (χ0v) is 11.5. The van der Waals surface area contributed by atoms with Crippen LogP contribution in [0.4, 0.5) is 0 Å². The number of hydrogen-bond donors (Lipinski definition) is 2. The van der Waals surface area contributed by atoms with E-state index in [1.165, 1.54) is 18.3 Å². The van der Waals surface area contributed by atoms with Crippen LogP contribution in [-0.4, -0.2) is 31.2 Å². The molecule has 0 fully saturated rings. The lowest BCUT2D eigenvalue weighted by Crippen LogP contribution is -2.10. The molecular weight excluding hydrogens is 280 g/mol. The standard InChI is InChI=1S/C12H12N4O3S/c1-2-3-7-6-9(17)15-12(14-7)20-10-8(11(18)19)4-5-13-16-10/h4-6H,2-3H2,1H3,(H,18,19)(H,14,15,17). The van der Waals surface area contributed by atoms with Crippen molar-refractivity contribution in [3.8, 4) is 0 Å². The molecule has 2 N–H and O–H groups in total. The minimum atomic E-state index is -1.10. The molecule has 0 saturated carbocycles. The summed E-state index contributed by atoms with van der Waals surface area (Å²) in [6.45, 7) is 1.99. The maximum absolute atomic E-state index is 11.5. The van der Waals surface area contributed by atoms with Crippen LogP contribution in [0, 0.1) is 0 Å². The number of carboxylic acid groups (broad SMARTS) is 1. The number of aryl methyl sites for hydroxylation is 1. The number of nitrogens with zero attached hydrogens (tertiary/aromatic N) is 3. The Morgan fingerprint density at radius 2 is 2.30 bits per heavy atom. The van der Waals surface area contributed by atoms with E-state index in [0.717, 1.165) is 18.2 Å². The fourth-order valence-electron chi connectivity index (χ4n) is 1.56. The summed E-state index contributed by atoms with van der Waals surface area (Å²) in [6.07, 6.45) is 2.85. The number of aromatic amines is 1. The van der Waals surface area contributed by atoms with Gasteiger partial charge in [0.25, 0.3) is 5.56 Å². The maximum atomic E-state index is 11.5. The van der Waals surface area contributed by atoms with Gasteiger partial charge in [-0.25, -0.2) is 9.78 Å². The molecule has 104 valence electrons. The van der Waals surface area contributed by atoms with Gasteiger partial charge in [-0.1, -0.05) is 13.3 Å². The number of nitrogens with one attached hydrogen (secondary N) is 1. The number of H-pyrrole nitrogens is 1. The molecule has 0 aromatic carbocycles. The highest BCUT2D eigenvalue weighted by Gasteiger charge is 2.14. The van der Waals surface area contributed by atoms with Crippen molar-refractivity contribution in [3.05, 3.63) is 39.9 Å². The molecule has 20 heavy (non-hydrogen) atoms. The summed E-state index contributed by atoms with van der Waals surface area (Å²) in [4.78, 5) is 29.4. The number of rotatable bonds is 5. The predicted octanol–water partition coefficient (Wildman–Crippen LogP) is 1.36. The lowest BCUT2D eigenvalue weighted by Gasteiger charge is -2.04. The summed E-state index contributed by atoms with van der Waals surface area (Å²) in [5.41, 5.74) is 0.416. The molecule has 0 aliphatic heterocycles. The summed E-state index contributed by atoms with van der Waals surface area (Å²) in [5.74, 6) is -1.10. The molecule has 0 amide bonds. The summed E-state index contributed by atoms with van der Waals surface area (Å²) < 4.78 is 0. The van der Waals surface area contributed by atoms with Crippen LogP contribution in [0.5, 0.6) is 0 Å². The van der Waals surface area contributed by atoms with Crippen LogP contribution in [0.25, 0.3) is 0 Å². The fourth-order valence-corrected chi connectivity index (χ4v) is 2.42. The van der Waals surface area contributed by atoms with Crippen molar-refractivity contribution < 1.29 is 9.90 Å². The second-order valence-corrected chi connectivity index (χ2v) is 4.93. The Morgan fingerprint density at radius 1 is 1.50 bits per heavy atom. The highest BCUT2D eigenvalue weighted by atomic mass is 32.2. The van der Waals surface area contributed by atoms with E-state index in [1.54, 1.807) is 0 Å². The highest BCUT2D eigenvalue weighted by Crippen LogP contribution is 2.24. The van der Waals surface area contributed by atoms with Gasteiger partial charge in [0.15, 0.2) is 5.16 Å². The van der Waals surface area contributed by atoms with Crippen molar-refractivity contribution in [2.75, 3.05) is 0 Å². The van der Waals surface area contributed by atoms with E-state index in [0.29, 0.717) is 17.3 Å². The Balaban J connectivity index is 2.35. The average molecular weight is 292 g/mol. The van der Waals surface area contributed by atoms with Crippen LogP contribution >= 0.6 is 11.8 Å². The van der Waals surface area contributed by atoms with E-state index in [4.69, 9.17) is 5.11 Å². The summed E-state index contributed by atoms with van der Waals surface area (Å²) in [5, 5.41) is 17.0. The topological polar surface area (TPSA) is 109 Å². The van der Waals surface area contributed by atoms with Gasteiger partial charge in [0.1, 0.15) is 5.03 Å². The fraction of sp³-hybridized carbons (Fsp3) is 0.250. The number of aromatic carboxylic acids is 1. The van der Waals surface area contributed by atoms with Crippen LogP contribution in [-0.2, 0) is 6.42 Å². The first-order valence-corrected chi connectivity index (χ1v) is 6.75. The molecule has 2 rings (SSSR count). The van der Waals surface area contributed by atoms with Crippen molar-refractivity contribution in [3.63, 3.8) is 0 Å². The van der Waals surface area contributed by atoms with Gasteiger partial charge in [-0.05, 0) is 24.2 Å². The van der Waals surface area contributed by atoms with Gasteiger partial charge in [-0.2, -0.15) is 5.10 Å². The van der Waals surface area contributed by atoms with Crippen LogP contribution < -0.4 is 5.56 Å². The van der Waals surface area contributed by atoms with E-state index < -0.39 is 5.97 Å². The maximum Gasteiger partial charge on any atom is 0.338 e. The zero-order chi connectivity index (χ0) is 14.5. The Bertz CT molecular complexity index is 686. The predicted molar refractivity (Wildman–Crippen MR) is 72.0 cm³/mol. The third-order valence-corrected chi connectivity index (χ3v) is 3.27. The van der Waals surface area contributed by atoms with E-state index in [9.17, 15) is 9.59 Å². The summed E-state index contributed by atoms with van der Waals surface area (Å²) in [7, 11) is 0. The molecule has 0 saturated heterocycles. The Morgan fingerprint density at radius 3 is 3.00 bits per heavy atom. The van der Waals surface area contributed by atoms with E-state index in [1.807, 2.05) is 6.92 Å². The smallest absolute Gasteiger partial charge is 0.338 e. The zero-order valence-electron chi connectivity index (χ0n) is 10.7. The van der Waals surface area contributed by atoms with E-state index in [2.05, 4.69) is 20.2 Å². The van der Waals surface area contributed by atoms with Gasteiger partial charge in [-0.15, -0.1) is 5.10 Å². The van der Waals surface area contributed by atoms with Crippen molar-refractivity contribution in [1.82, 2.24) is 20.2 Å². The summed E-state index contributed by atoms with van der Waals surface area (Å²) in [6, 6.07) is 2.79. The van der Waals surface area contributed by atoms with Gasteiger partial charge in [-0.3, -0.25) is 4.79 Å². The average Bonchev–Trinajstić information content (AvgIpc) is 2.38. The SMILES string of the molecule is CCCc1cc(=O)[nH]c(Sc2nnccc2C(=O)O)n1. The molecule has 2 aromatic heterocycles. The molecule has 0 bridgehead atoms. The van der Waals surface area contributed by atoms with Gasteiger partial charge in [0, 0.05) is 11.8 Å². The third-order valence-electron chi connectivity index (χ3n) is 2.39. The quantitative estimate of drug-likeness (QED) is 0.801. The molecule has 0 radical (unpaired) electrons. The number of hydrogen-bond acceptors (Lipinski definition) is 6. The minimum absolute atomic E-state index is 0.0218. The van der Waals surface area contributed by atoms with Gasteiger partial charge in [0.05, 0.1) is 11.8 Å². The first-order valence-electron chi connectivity index (χ1n) is 5.93. The van der Waals surface area contributed by atoms with Crippen LogP contribution in [0.2, 0.25) is 0 Å². The van der Waals surface area contributed by atoms with Crippen LogP contribution in [0.3, 0.4) is 0 Å². The second-order valence-electron chi connectivity index (χ2n) is 3.95. The van der Waals surface area contributed by atoms with E-state index in [-0.39, 0.29) is 16.1 Å². The normalized spacial score (nSPS) is 10.4. The largest absolute Gasteiger partial charge is 0.478 e. The molecule has 2 heterocycles. The lowest BCUT2D eigenvalue weighted by molar-refractivity contribution is 0.0692. The lowest BCUT2D eigenvalue weighted by atomic mass is 10.2. The third kappa shape index (κ3) is 3.41. The Hall–Kier alpha value is -2.22. The molecule has 2 aromatic rings. The molecule has 7 nitrogen and oxygen atoms in total. The monoisotopic (exact) mass is 292 g/mol. The van der Waals surface area contributed by atoms with Gasteiger partial charge >= 0.3 is 5.97 Å². The Labute approximate surface area is 118 Å². The highest BCUT2D eigenvalue weighted by molar-refractivity contribution is 7.99. The van der Waals surface area contributed by atoms with Gasteiger partial charge < -0.3 is 10.1 Å². The number of carbonyl (C=O) groups is 1. The molecular formula is C12H12N4O3S. The van der Waals surface area contributed by atoms with Crippen LogP contribution in [0.15, 0.2) is 33.3 Å². The van der Waals surface area contributed by atoms with Crippen molar-refractivity contribution in [1.29, 1.82) is 0 Å². The van der Waals surface area contributed by atoms with Crippen molar-refractivity contribution >= 4 is 17.7 Å². The first kappa shape index (κ1) is 14.2. The Kier molecular flexibility index (Phi) is 4.46. The van der Waals surface area contributed by atoms with Crippen molar-refractivity contribution in [2.24, 2.45) is 0 Å². The van der Waals surface area contributed by atoms with Crippen molar-refractivity contribution in [2.45, 2.75) is 29.9 Å². The molecule has 0 spiro atoms. The molecule has 8 heteroatoms. The molecule has 0 aliphatic rings. The molecule has 0 aliphatic carbocycles. The molecule has 0 unspecified atom stereocenters. The number of carboxylic acids is 1. The summed E-state index contributed by atoms with van der Waals surface area (Å²) >= 11 is 0.976. The van der Waals surface area contributed by atoms with Crippen LogP contribution in [0.1, 0.15) is 29.4 Å². The van der Waals surface area contributed by atoms with E-state index >= 15 is 0 Å². The van der Waals surface area contributed by atoms with Gasteiger partial charge in [0.2, 0.25) is 0 Å². The second kappa shape index (κ2) is 6.29.